The number of benzene rings is 4. The van der Waals surface area contributed by atoms with Crippen LogP contribution in [0.1, 0.15) is 57.4 Å². The number of hydrogen-bond donors (Lipinski definition) is 1. The molecule has 366 valence electrons. The molecule has 0 radical (unpaired) electrons. The molecule has 69 heavy (non-hydrogen) atoms. The van der Waals surface area contributed by atoms with Crippen LogP contribution in [-0.4, -0.2) is 120 Å². The third kappa shape index (κ3) is 14.7. The first kappa shape index (κ1) is 52.3. The summed E-state index contributed by atoms with van der Waals surface area (Å²) >= 11 is 17.9. The average molecular weight is 1020 g/mol. The third-order valence-electron chi connectivity index (χ3n) is 10.3. The lowest BCUT2D eigenvalue weighted by Crippen LogP contribution is -2.68. The first-order valence-corrected chi connectivity index (χ1v) is 22.3. The molecule has 21 heteroatoms. The van der Waals surface area contributed by atoms with Crippen LogP contribution in [-0.2, 0) is 73.2 Å². The van der Waals surface area contributed by atoms with Crippen molar-refractivity contribution in [1.29, 1.82) is 0 Å². The zero-order chi connectivity index (χ0) is 49.7. The van der Waals surface area contributed by atoms with Crippen molar-refractivity contribution in [2.75, 3.05) is 13.2 Å². The Kier molecular flexibility index (Phi) is 18.5. The molecule has 1 amide bonds. The number of esters is 6. The van der Waals surface area contributed by atoms with Crippen LogP contribution in [0.4, 0.5) is 0 Å². The number of nitrogens with one attached hydrogen (secondary N) is 1. The van der Waals surface area contributed by atoms with Gasteiger partial charge in [-0.2, -0.15) is 0 Å². The molecule has 0 unspecified atom stereocenters. The van der Waals surface area contributed by atoms with Gasteiger partial charge in [0.2, 0.25) is 0 Å². The van der Waals surface area contributed by atoms with Crippen LogP contribution in [0.3, 0.4) is 0 Å². The normalized spacial score (nSPS) is 24.4. The molecule has 2 saturated heterocycles. The second-order valence-electron chi connectivity index (χ2n) is 15.4. The van der Waals surface area contributed by atoms with E-state index in [-0.39, 0.29) is 23.3 Å². The van der Waals surface area contributed by atoms with E-state index < -0.39 is 120 Å². The molecule has 6 rings (SSSR count). The predicted molar refractivity (Wildman–Crippen MR) is 241 cm³/mol. The maximum Gasteiger partial charge on any atom is 0.338 e. The first-order chi connectivity index (χ1) is 33.0. The average Bonchev–Trinajstić information content (AvgIpc) is 3.33. The van der Waals surface area contributed by atoms with Crippen LogP contribution >= 0.6 is 34.8 Å². The molecule has 0 bridgehead atoms. The van der Waals surface area contributed by atoms with Gasteiger partial charge in [0.25, 0.3) is 9.70 Å². The molecule has 4 aromatic carbocycles. The van der Waals surface area contributed by atoms with Crippen molar-refractivity contribution < 1.29 is 80.9 Å². The van der Waals surface area contributed by atoms with Crippen molar-refractivity contribution in [3.63, 3.8) is 0 Å². The summed E-state index contributed by atoms with van der Waals surface area (Å²) in [4.78, 5) is 92.6. The molecular weight excluding hydrogens is 969 g/mol. The summed E-state index contributed by atoms with van der Waals surface area (Å²) in [7, 11) is 0. The van der Waals surface area contributed by atoms with E-state index in [1.165, 1.54) is 36.4 Å². The minimum atomic E-state index is -2.62. The quantitative estimate of drug-likeness (QED) is 0.0769. The SMILES string of the molecule is CC(=O)OC[C@H]1O[C@@H](OC[C@H]2O[C@@H](OCc3ccccc3)[C@H](OC(=O)c3ccccc3)[C@@H](OC(=O)c3ccccc3)[C@@H]2OC(=O)c2ccccc2)[C@H](NC(=O)C(Cl)(Cl)Cl)[C@@H](OC(C)=O)[C@@H]1OC(C)=O. The Bertz CT molecular complexity index is 2390. The molecule has 2 aliphatic heterocycles. The number of carbonyl (C=O) groups is 7. The Morgan fingerprint density at radius 3 is 1.39 bits per heavy atom. The predicted octanol–water partition coefficient (Wildman–Crippen LogP) is 5.63. The Morgan fingerprint density at radius 2 is 0.913 bits per heavy atom. The number of ether oxygens (including phenoxy) is 10. The van der Waals surface area contributed by atoms with Gasteiger partial charge < -0.3 is 52.7 Å². The van der Waals surface area contributed by atoms with Crippen molar-refractivity contribution >= 4 is 76.5 Å². The van der Waals surface area contributed by atoms with Crippen LogP contribution in [0.5, 0.6) is 0 Å². The third-order valence-corrected chi connectivity index (χ3v) is 10.8. The van der Waals surface area contributed by atoms with Gasteiger partial charge in [0.05, 0.1) is 29.9 Å². The van der Waals surface area contributed by atoms with Crippen LogP contribution < -0.4 is 5.32 Å². The summed E-state index contributed by atoms with van der Waals surface area (Å²) in [5.41, 5.74) is 0.884. The van der Waals surface area contributed by atoms with Gasteiger partial charge in [0.15, 0.2) is 43.1 Å². The number of amides is 1. The molecule has 4 aromatic rings. The van der Waals surface area contributed by atoms with E-state index in [9.17, 15) is 33.6 Å². The van der Waals surface area contributed by atoms with Crippen molar-refractivity contribution in [1.82, 2.24) is 5.32 Å². The highest BCUT2D eigenvalue weighted by atomic mass is 35.6. The lowest BCUT2D eigenvalue weighted by Gasteiger charge is -2.47. The fourth-order valence-corrected chi connectivity index (χ4v) is 7.38. The van der Waals surface area contributed by atoms with E-state index in [0.717, 1.165) is 20.8 Å². The van der Waals surface area contributed by atoms with E-state index >= 15 is 0 Å². The highest BCUT2D eigenvalue weighted by Gasteiger charge is 2.56. The number of carbonyl (C=O) groups excluding carboxylic acids is 7. The fourth-order valence-electron chi connectivity index (χ4n) is 7.22. The van der Waals surface area contributed by atoms with Crippen molar-refractivity contribution in [2.45, 2.75) is 92.5 Å². The van der Waals surface area contributed by atoms with Gasteiger partial charge in [-0.05, 0) is 42.0 Å². The smallest absolute Gasteiger partial charge is 0.338 e. The molecule has 2 aliphatic rings. The highest BCUT2D eigenvalue weighted by Crippen LogP contribution is 2.35. The maximum absolute atomic E-state index is 14.1. The monoisotopic (exact) mass is 1010 g/mol. The second kappa shape index (κ2) is 24.4. The standard InChI is InChI=1S/C48H46Cl3NO17/c1-27(53)60-25-34-37(63-28(2)54)39(64-29(3)55)36(52-47(59)48(49,50)51)45(65-34)62-26-35-38(67-42(56)31-18-10-5-11-19-31)40(68-43(57)32-20-12-6-13-21-32)41(69-44(58)33-22-14-7-15-23-33)46(66-35)61-24-30-16-8-4-9-17-30/h4-23,34-41,45-46H,24-26H2,1-3H3,(H,52,59)/t34-,35-,36-,37-,38-,39-,40+,41-,45-,46-/m1/s1. The number of hydrogen-bond acceptors (Lipinski definition) is 17. The summed E-state index contributed by atoms with van der Waals surface area (Å²) in [6.45, 7) is 1.69. The van der Waals surface area contributed by atoms with Crippen molar-refractivity contribution in [2.24, 2.45) is 0 Å². The Hall–Kier alpha value is -6.12. The zero-order valence-corrected chi connectivity index (χ0v) is 39.3. The molecule has 0 aliphatic carbocycles. The molecule has 0 saturated carbocycles. The molecule has 1 N–H and O–H groups in total. The summed E-state index contributed by atoms with van der Waals surface area (Å²) in [5, 5.41) is 2.41. The highest BCUT2D eigenvalue weighted by molar-refractivity contribution is 6.76. The largest absolute Gasteiger partial charge is 0.463 e. The summed E-state index contributed by atoms with van der Waals surface area (Å²) < 4.78 is 57.5. The fraction of sp³-hybridized carbons (Fsp3) is 0.354. The summed E-state index contributed by atoms with van der Waals surface area (Å²) in [5.74, 6) is -6.61. The van der Waals surface area contributed by atoms with Gasteiger partial charge in [-0.1, -0.05) is 120 Å². The van der Waals surface area contributed by atoms with E-state index in [1.54, 1.807) is 84.9 Å². The number of halogens is 3. The number of alkyl halides is 3. The zero-order valence-electron chi connectivity index (χ0n) is 37.0. The van der Waals surface area contributed by atoms with Gasteiger partial charge in [0, 0.05) is 20.8 Å². The van der Waals surface area contributed by atoms with Gasteiger partial charge >= 0.3 is 35.8 Å². The van der Waals surface area contributed by atoms with E-state index in [1.807, 2.05) is 0 Å². The summed E-state index contributed by atoms with van der Waals surface area (Å²) in [6.07, 6.45) is -14.8. The number of rotatable bonds is 17. The van der Waals surface area contributed by atoms with Crippen LogP contribution in [0.25, 0.3) is 0 Å². The van der Waals surface area contributed by atoms with E-state index in [2.05, 4.69) is 5.32 Å². The van der Waals surface area contributed by atoms with Crippen molar-refractivity contribution in [3.8, 4) is 0 Å². The van der Waals surface area contributed by atoms with Crippen LogP contribution in [0, 0.1) is 0 Å². The van der Waals surface area contributed by atoms with Gasteiger partial charge in [-0.25, -0.2) is 14.4 Å². The van der Waals surface area contributed by atoms with Gasteiger partial charge in [-0.15, -0.1) is 0 Å². The molecule has 2 heterocycles. The molecule has 2 fully saturated rings. The Balaban J connectivity index is 1.46. The molecular formula is C48H46Cl3NO17. The Labute approximate surface area is 410 Å². The lowest BCUT2D eigenvalue weighted by atomic mass is 9.95. The van der Waals surface area contributed by atoms with Gasteiger partial charge in [-0.3, -0.25) is 19.2 Å². The Morgan fingerprint density at radius 1 is 0.493 bits per heavy atom. The second-order valence-corrected chi connectivity index (χ2v) is 17.7. The minimum Gasteiger partial charge on any atom is -0.463 e. The van der Waals surface area contributed by atoms with Crippen molar-refractivity contribution in [3.05, 3.63) is 144 Å². The molecule has 10 atom stereocenters. The molecule has 18 nitrogen and oxygen atoms in total. The molecule has 0 aromatic heterocycles. The van der Waals surface area contributed by atoms with Crippen LogP contribution in [0.15, 0.2) is 121 Å². The van der Waals surface area contributed by atoms with Crippen LogP contribution in [0.2, 0.25) is 0 Å². The maximum atomic E-state index is 14.1. The lowest BCUT2D eigenvalue weighted by molar-refractivity contribution is -0.321. The topological polar surface area (TPSA) is 224 Å². The molecule has 0 spiro atoms. The van der Waals surface area contributed by atoms with E-state index in [4.69, 9.17) is 82.2 Å². The van der Waals surface area contributed by atoms with E-state index in [0.29, 0.717) is 5.56 Å². The minimum absolute atomic E-state index is 0.0599. The first-order valence-electron chi connectivity index (χ1n) is 21.2. The van der Waals surface area contributed by atoms with Gasteiger partial charge in [0.1, 0.15) is 24.9 Å². The summed E-state index contributed by atoms with van der Waals surface area (Å²) in [6, 6.07) is 30.6.